The number of H-pyrrole nitrogens is 1. The summed E-state index contributed by atoms with van der Waals surface area (Å²) in [5.74, 6) is 0. The molecule has 15 heavy (non-hydrogen) atoms. The molecular formula is C13H14N2. The number of nitrogens with one attached hydrogen (secondary N) is 1. The minimum atomic E-state index is 0.480. The van der Waals surface area contributed by atoms with Crippen molar-refractivity contribution in [1.29, 1.82) is 5.26 Å². The summed E-state index contributed by atoms with van der Waals surface area (Å²) in [6.45, 7) is 6.25. The molecule has 0 radical (unpaired) electrons. The number of aromatic nitrogens is 1. The zero-order chi connectivity index (χ0) is 11.0. The molecule has 2 rings (SSSR count). The van der Waals surface area contributed by atoms with Crippen LogP contribution in [0.1, 0.15) is 22.4 Å². The Bertz CT molecular complexity index is 556. The largest absolute Gasteiger partial charge is 0.358 e. The van der Waals surface area contributed by atoms with Gasteiger partial charge in [-0.2, -0.15) is 5.26 Å². The Balaban J connectivity index is 2.80. The van der Waals surface area contributed by atoms with Crippen molar-refractivity contribution in [1.82, 2.24) is 4.98 Å². The lowest BCUT2D eigenvalue weighted by Gasteiger charge is -2.01. The quantitative estimate of drug-likeness (QED) is 0.751. The van der Waals surface area contributed by atoms with Gasteiger partial charge in [0, 0.05) is 16.6 Å². The van der Waals surface area contributed by atoms with Crippen LogP contribution >= 0.6 is 0 Å². The fraction of sp³-hybridized carbons (Fsp3) is 0.308. The lowest BCUT2D eigenvalue weighted by atomic mass is 10.0. The van der Waals surface area contributed by atoms with Crippen LogP contribution in [0.4, 0.5) is 0 Å². The van der Waals surface area contributed by atoms with Gasteiger partial charge in [0.2, 0.25) is 0 Å². The molecule has 0 saturated heterocycles. The predicted molar refractivity (Wildman–Crippen MR) is 61.8 cm³/mol. The van der Waals surface area contributed by atoms with Gasteiger partial charge in [-0.1, -0.05) is 12.1 Å². The lowest BCUT2D eigenvalue weighted by Crippen LogP contribution is -1.83. The highest BCUT2D eigenvalue weighted by atomic mass is 14.7. The van der Waals surface area contributed by atoms with E-state index >= 15 is 0 Å². The number of benzene rings is 1. The van der Waals surface area contributed by atoms with E-state index in [0.29, 0.717) is 6.42 Å². The highest BCUT2D eigenvalue weighted by molar-refractivity contribution is 5.88. The van der Waals surface area contributed by atoms with Crippen LogP contribution in [0.15, 0.2) is 12.1 Å². The molecule has 1 heterocycles. The van der Waals surface area contributed by atoms with Crippen LogP contribution in [0.25, 0.3) is 10.9 Å². The zero-order valence-corrected chi connectivity index (χ0v) is 9.31. The van der Waals surface area contributed by atoms with Crippen molar-refractivity contribution in [2.75, 3.05) is 0 Å². The Morgan fingerprint density at radius 2 is 2.00 bits per heavy atom. The summed E-state index contributed by atoms with van der Waals surface area (Å²) in [5.41, 5.74) is 5.99. The third-order valence-corrected chi connectivity index (χ3v) is 3.08. The van der Waals surface area contributed by atoms with Gasteiger partial charge in [-0.3, -0.25) is 0 Å². The summed E-state index contributed by atoms with van der Waals surface area (Å²) in [6.07, 6.45) is 0.480. The van der Waals surface area contributed by atoms with E-state index in [-0.39, 0.29) is 0 Å². The van der Waals surface area contributed by atoms with Gasteiger partial charge in [-0.15, -0.1) is 0 Å². The number of rotatable bonds is 1. The van der Waals surface area contributed by atoms with Gasteiger partial charge in [0.1, 0.15) is 0 Å². The molecule has 2 nitrogen and oxygen atoms in total. The standard InChI is InChI=1S/C13H14N2/c1-8-4-5-12-11(6-7-14)10(3)15-13(12)9(8)2/h4-5,15H,6H2,1-3H3. The fourth-order valence-electron chi connectivity index (χ4n) is 2.00. The monoisotopic (exact) mass is 198 g/mol. The highest BCUT2D eigenvalue weighted by Crippen LogP contribution is 2.26. The van der Waals surface area contributed by atoms with Crippen LogP contribution in [-0.2, 0) is 6.42 Å². The van der Waals surface area contributed by atoms with Gasteiger partial charge < -0.3 is 4.98 Å². The number of nitriles is 1. The average molecular weight is 198 g/mol. The Morgan fingerprint density at radius 1 is 1.27 bits per heavy atom. The maximum absolute atomic E-state index is 8.78. The van der Waals surface area contributed by atoms with Crippen molar-refractivity contribution in [2.24, 2.45) is 0 Å². The van der Waals surface area contributed by atoms with Gasteiger partial charge in [-0.25, -0.2) is 0 Å². The molecule has 0 aliphatic heterocycles. The molecule has 2 heteroatoms. The van der Waals surface area contributed by atoms with E-state index in [1.807, 2.05) is 6.92 Å². The van der Waals surface area contributed by atoms with Gasteiger partial charge in [0.25, 0.3) is 0 Å². The number of fused-ring (bicyclic) bond motifs is 1. The molecule has 2 aromatic rings. The second-order valence-corrected chi connectivity index (χ2v) is 3.99. The number of hydrogen-bond donors (Lipinski definition) is 1. The Hall–Kier alpha value is -1.75. The van der Waals surface area contributed by atoms with Gasteiger partial charge in [-0.05, 0) is 37.5 Å². The first kappa shape index (κ1) is 9.79. The molecule has 76 valence electrons. The second kappa shape index (κ2) is 3.43. The van der Waals surface area contributed by atoms with Crippen LogP contribution in [0.2, 0.25) is 0 Å². The molecule has 0 atom stereocenters. The van der Waals surface area contributed by atoms with Crippen molar-refractivity contribution < 1.29 is 0 Å². The number of nitrogens with zero attached hydrogens (tertiary/aromatic N) is 1. The molecule has 1 aromatic heterocycles. The molecular weight excluding hydrogens is 184 g/mol. The van der Waals surface area contributed by atoms with Crippen LogP contribution in [0.5, 0.6) is 0 Å². The average Bonchev–Trinajstić information content (AvgIpc) is 2.52. The van der Waals surface area contributed by atoms with Gasteiger partial charge >= 0.3 is 0 Å². The summed E-state index contributed by atoms with van der Waals surface area (Å²) in [4.78, 5) is 3.37. The number of aromatic amines is 1. The van der Waals surface area contributed by atoms with Crippen LogP contribution in [0, 0.1) is 32.1 Å². The molecule has 0 bridgehead atoms. The van der Waals surface area contributed by atoms with E-state index in [9.17, 15) is 0 Å². The first-order valence-electron chi connectivity index (χ1n) is 5.09. The summed E-state index contributed by atoms with van der Waals surface area (Å²) in [6, 6.07) is 6.44. The van der Waals surface area contributed by atoms with Crippen molar-refractivity contribution in [3.8, 4) is 6.07 Å². The SMILES string of the molecule is Cc1ccc2c(CC#N)c(C)[nH]c2c1C. The maximum Gasteiger partial charge on any atom is 0.0670 e. The molecule has 0 spiro atoms. The van der Waals surface area contributed by atoms with E-state index in [1.54, 1.807) is 0 Å². The molecule has 1 aromatic carbocycles. The van der Waals surface area contributed by atoms with E-state index in [4.69, 9.17) is 5.26 Å². The molecule has 0 saturated carbocycles. The second-order valence-electron chi connectivity index (χ2n) is 3.99. The molecule has 1 N–H and O–H groups in total. The molecule has 0 fully saturated rings. The minimum Gasteiger partial charge on any atom is -0.358 e. The maximum atomic E-state index is 8.78. The van der Waals surface area contributed by atoms with Crippen molar-refractivity contribution in [2.45, 2.75) is 27.2 Å². The Kier molecular flexibility index (Phi) is 2.24. The third-order valence-electron chi connectivity index (χ3n) is 3.08. The zero-order valence-electron chi connectivity index (χ0n) is 9.31. The molecule has 0 aliphatic carbocycles. The summed E-state index contributed by atoms with van der Waals surface area (Å²) < 4.78 is 0. The number of hydrogen-bond acceptors (Lipinski definition) is 1. The van der Waals surface area contributed by atoms with Gasteiger partial charge in [0.05, 0.1) is 12.5 Å². The summed E-state index contributed by atoms with van der Waals surface area (Å²) in [5, 5.41) is 9.97. The predicted octanol–water partition coefficient (Wildman–Crippen LogP) is 3.16. The van der Waals surface area contributed by atoms with Gasteiger partial charge in [0.15, 0.2) is 0 Å². The van der Waals surface area contributed by atoms with Crippen LogP contribution in [0.3, 0.4) is 0 Å². The van der Waals surface area contributed by atoms with E-state index in [2.05, 4.69) is 37.0 Å². The van der Waals surface area contributed by atoms with Crippen LogP contribution in [-0.4, -0.2) is 4.98 Å². The number of aryl methyl sites for hydroxylation is 3. The fourth-order valence-corrected chi connectivity index (χ4v) is 2.00. The molecule has 0 aliphatic rings. The molecule has 0 amide bonds. The smallest absolute Gasteiger partial charge is 0.0670 e. The van der Waals surface area contributed by atoms with Crippen molar-refractivity contribution in [3.05, 3.63) is 34.5 Å². The van der Waals surface area contributed by atoms with Crippen molar-refractivity contribution >= 4 is 10.9 Å². The third kappa shape index (κ3) is 1.41. The topological polar surface area (TPSA) is 39.6 Å². The lowest BCUT2D eigenvalue weighted by molar-refractivity contribution is 1.19. The Morgan fingerprint density at radius 3 is 2.67 bits per heavy atom. The van der Waals surface area contributed by atoms with Crippen LogP contribution < -0.4 is 0 Å². The molecule has 0 unspecified atom stereocenters. The van der Waals surface area contributed by atoms with E-state index < -0.39 is 0 Å². The van der Waals surface area contributed by atoms with E-state index in [1.165, 1.54) is 22.0 Å². The highest BCUT2D eigenvalue weighted by Gasteiger charge is 2.10. The first-order valence-corrected chi connectivity index (χ1v) is 5.09. The first-order chi connectivity index (χ1) is 7.15. The van der Waals surface area contributed by atoms with Crippen molar-refractivity contribution in [3.63, 3.8) is 0 Å². The summed E-state index contributed by atoms with van der Waals surface area (Å²) in [7, 11) is 0. The normalized spacial score (nSPS) is 10.5. The minimum absolute atomic E-state index is 0.480. The van der Waals surface area contributed by atoms with E-state index in [0.717, 1.165) is 11.3 Å². The summed E-state index contributed by atoms with van der Waals surface area (Å²) >= 11 is 0. The Labute approximate surface area is 89.5 Å².